The minimum absolute atomic E-state index is 0.0543. The van der Waals surface area contributed by atoms with Crippen LogP contribution in [-0.4, -0.2) is 61.6 Å². The van der Waals surface area contributed by atoms with Gasteiger partial charge in [0.2, 0.25) is 0 Å². The number of hydrogen-bond donors (Lipinski definition) is 1. The highest BCUT2D eigenvalue weighted by Gasteiger charge is 2.37. The maximum atomic E-state index is 12.3. The van der Waals surface area contributed by atoms with Gasteiger partial charge in [-0.2, -0.15) is 11.8 Å². The summed E-state index contributed by atoms with van der Waals surface area (Å²) in [4.78, 5) is 2.19. The van der Waals surface area contributed by atoms with Gasteiger partial charge in [0.05, 0.1) is 0 Å². The van der Waals surface area contributed by atoms with E-state index in [9.17, 15) is 8.42 Å². The Bertz CT molecular complexity index is 410. The van der Waals surface area contributed by atoms with Gasteiger partial charge < -0.3 is 5.32 Å². The monoisotopic (exact) mass is 336 g/mol. The Morgan fingerprint density at radius 1 is 1.38 bits per heavy atom. The number of nitrogens with one attached hydrogen (secondary N) is 1. The quantitative estimate of drug-likeness (QED) is 0.736. The van der Waals surface area contributed by atoms with Crippen LogP contribution in [0.25, 0.3) is 0 Å². The molecule has 1 fully saturated rings. The van der Waals surface area contributed by atoms with Crippen LogP contribution in [0.3, 0.4) is 0 Å². The molecule has 1 heterocycles. The lowest BCUT2D eigenvalue weighted by Gasteiger charge is -2.42. The first-order chi connectivity index (χ1) is 9.74. The molecule has 0 spiro atoms. The van der Waals surface area contributed by atoms with Crippen molar-refractivity contribution in [2.24, 2.45) is 5.41 Å². The van der Waals surface area contributed by atoms with E-state index in [1.54, 1.807) is 18.7 Å². The van der Waals surface area contributed by atoms with Crippen LogP contribution in [0, 0.1) is 5.41 Å². The molecule has 1 saturated heterocycles. The molecule has 1 aliphatic heterocycles. The first-order valence-corrected chi connectivity index (χ1v) is 10.9. The highest BCUT2D eigenvalue weighted by molar-refractivity contribution is 8.01. The number of thioether (sulfide) groups is 1. The van der Waals surface area contributed by atoms with Crippen molar-refractivity contribution in [3.05, 3.63) is 0 Å². The van der Waals surface area contributed by atoms with E-state index < -0.39 is 9.84 Å². The van der Waals surface area contributed by atoms with Crippen LogP contribution in [0.4, 0.5) is 0 Å². The van der Waals surface area contributed by atoms with E-state index in [2.05, 4.69) is 37.9 Å². The van der Waals surface area contributed by atoms with Crippen LogP contribution in [-0.2, 0) is 9.84 Å². The summed E-state index contributed by atoms with van der Waals surface area (Å²) in [5, 5.41) is 3.24. The Morgan fingerprint density at radius 2 is 2.05 bits per heavy atom. The van der Waals surface area contributed by atoms with Crippen molar-refractivity contribution in [1.29, 1.82) is 0 Å². The molecule has 0 bridgehead atoms. The standard InChI is InChI=1S/C15H32N2O2S2/c1-6-8-16-13(3)15(4,5)12-17-9-10-20-11-14(17)21(18,19)7-2/h13-14,16H,6-12H2,1-5H3. The largest absolute Gasteiger partial charge is 0.314 e. The summed E-state index contributed by atoms with van der Waals surface area (Å²) in [6, 6.07) is 0.372. The summed E-state index contributed by atoms with van der Waals surface area (Å²) in [7, 11) is -3.00. The van der Waals surface area contributed by atoms with E-state index in [1.807, 2.05) is 0 Å². The summed E-state index contributed by atoms with van der Waals surface area (Å²) in [6.45, 7) is 13.3. The molecule has 126 valence electrons. The summed E-state index contributed by atoms with van der Waals surface area (Å²) in [6.07, 6.45) is 1.12. The normalized spacial score (nSPS) is 23.2. The molecular weight excluding hydrogens is 304 g/mol. The maximum absolute atomic E-state index is 12.3. The van der Waals surface area contributed by atoms with Crippen LogP contribution in [0.15, 0.2) is 0 Å². The van der Waals surface area contributed by atoms with Crippen molar-refractivity contribution in [2.45, 2.75) is 52.5 Å². The lowest BCUT2D eigenvalue weighted by atomic mass is 9.84. The van der Waals surface area contributed by atoms with Crippen molar-refractivity contribution < 1.29 is 8.42 Å². The minimum atomic E-state index is -3.00. The zero-order valence-corrected chi connectivity index (χ0v) is 15.8. The summed E-state index contributed by atoms with van der Waals surface area (Å²) in [5.41, 5.74) is 0.0543. The van der Waals surface area contributed by atoms with Crippen LogP contribution < -0.4 is 5.32 Å². The second kappa shape index (κ2) is 8.18. The van der Waals surface area contributed by atoms with Gasteiger partial charge in [-0.15, -0.1) is 0 Å². The third-order valence-corrected chi connectivity index (χ3v) is 7.82. The van der Waals surface area contributed by atoms with Gasteiger partial charge in [-0.3, -0.25) is 4.90 Å². The number of nitrogens with zero attached hydrogens (tertiary/aromatic N) is 1. The fraction of sp³-hybridized carbons (Fsp3) is 1.00. The SMILES string of the molecule is CCCNC(C)C(C)(C)CN1CCSCC1S(=O)(=O)CC. The third kappa shape index (κ3) is 5.41. The zero-order valence-electron chi connectivity index (χ0n) is 14.2. The Labute approximate surface area is 135 Å². The summed E-state index contributed by atoms with van der Waals surface area (Å²) < 4.78 is 24.6. The van der Waals surface area contributed by atoms with Gasteiger partial charge in [-0.05, 0) is 25.3 Å². The molecule has 2 unspecified atom stereocenters. The minimum Gasteiger partial charge on any atom is -0.314 e. The molecule has 21 heavy (non-hydrogen) atoms. The fourth-order valence-corrected chi connectivity index (χ4v) is 5.70. The second-order valence-electron chi connectivity index (χ2n) is 6.62. The average Bonchev–Trinajstić information content (AvgIpc) is 2.44. The third-order valence-electron chi connectivity index (χ3n) is 4.49. The van der Waals surface area contributed by atoms with E-state index in [1.165, 1.54) is 0 Å². The van der Waals surface area contributed by atoms with E-state index in [0.29, 0.717) is 11.8 Å². The Kier molecular flexibility index (Phi) is 7.50. The Morgan fingerprint density at radius 3 is 2.62 bits per heavy atom. The van der Waals surface area contributed by atoms with Crippen LogP contribution in [0.1, 0.15) is 41.0 Å². The van der Waals surface area contributed by atoms with Gasteiger partial charge in [-0.1, -0.05) is 27.7 Å². The molecular formula is C15H32N2O2S2. The topological polar surface area (TPSA) is 49.4 Å². The maximum Gasteiger partial charge on any atom is 0.166 e. The molecule has 1 N–H and O–H groups in total. The van der Waals surface area contributed by atoms with Crippen molar-refractivity contribution in [3.8, 4) is 0 Å². The molecule has 0 aromatic rings. The fourth-order valence-electron chi connectivity index (χ4n) is 2.62. The molecule has 0 aromatic heterocycles. The van der Waals surface area contributed by atoms with Gasteiger partial charge in [0.15, 0.2) is 9.84 Å². The summed E-state index contributed by atoms with van der Waals surface area (Å²) in [5.74, 6) is 1.98. The van der Waals surface area contributed by atoms with Crippen molar-refractivity contribution in [1.82, 2.24) is 10.2 Å². The number of sulfone groups is 1. The first-order valence-electron chi connectivity index (χ1n) is 8.01. The van der Waals surface area contributed by atoms with Crippen molar-refractivity contribution in [3.63, 3.8) is 0 Å². The lowest BCUT2D eigenvalue weighted by Crippen LogP contribution is -2.54. The van der Waals surface area contributed by atoms with Gasteiger partial charge in [0.25, 0.3) is 0 Å². The molecule has 0 amide bonds. The summed E-state index contributed by atoms with van der Waals surface area (Å²) >= 11 is 1.76. The molecule has 0 aromatic carbocycles. The van der Waals surface area contributed by atoms with E-state index in [4.69, 9.17) is 0 Å². The highest BCUT2D eigenvalue weighted by atomic mass is 32.2. The van der Waals surface area contributed by atoms with Gasteiger partial charge >= 0.3 is 0 Å². The predicted molar refractivity (Wildman–Crippen MR) is 93.7 cm³/mol. The van der Waals surface area contributed by atoms with E-state index in [0.717, 1.165) is 31.8 Å². The molecule has 0 radical (unpaired) electrons. The molecule has 1 aliphatic rings. The predicted octanol–water partition coefficient (Wildman–Crippen LogP) is 2.21. The second-order valence-corrected chi connectivity index (χ2v) is 10.2. The van der Waals surface area contributed by atoms with Gasteiger partial charge in [-0.25, -0.2) is 8.42 Å². The molecule has 6 heteroatoms. The number of rotatable bonds is 8. The van der Waals surface area contributed by atoms with Crippen molar-refractivity contribution >= 4 is 21.6 Å². The van der Waals surface area contributed by atoms with E-state index >= 15 is 0 Å². The lowest BCUT2D eigenvalue weighted by molar-refractivity contribution is 0.140. The average molecular weight is 337 g/mol. The smallest absolute Gasteiger partial charge is 0.166 e. The van der Waals surface area contributed by atoms with Gasteiger partial charge in [0, 0.05) is 36.4 Å². The van der Waals surface area contributed by atoms with Crippen LogP contribution in [0.5, 0.6) is 0 Å². The zero-order chi connectivity index (χ0) is 16.1. The molecule has 2 atom stereocenters. The van der Waals surface area contributed by atoms with Gasteiger partial charge in [0.1, 0.15) is 5.37 Å². The highest BCUT2D eigenvalue weighted by Crippen LogP contribution is 2.28. The first kappa shape index (κ1) is 19.3. The van der Waals surface area contributed by atoms with Crippen LogP contribution >= 0.6 is 11.8 Å². The molecule has 1 rings (SSSR count). The van der Waals surface area contributed by atoms with Crippen LogP contribution in [0.2, 0.25) is 0 Å². The van der Waals surface area contributed by atoms with Crippen molar-refractivity contribution in [2.75, 3.05) is 36.9 Å². The molecule has 0 saturated carbocycles. The molecule has 4 nitrogen and oxygen atoms in total. The Hall–Kier alpha value is 0.220. The Balaban J connectivity index is 2.77. The number of hydrogen-bond acceptors (Lipinski definition) is 5. The molecule has 0 aliphatic carbocycles. The van der Waals surface area contributed by atoms with E-state index in [-0.39, 0.29) is 16.5 Å².